The Hall–Kier alpha value is -0.810. The maximum Gasteiger partial charge on any atom is 0.160 e. The minimum atomic E-state index is -1.86. The monoisotopic (exact) mass is 186 g/mol. The largest absolute Gasteiger partial charge is 0.306 e. The molecule has 1 unspecified atom stereocenters. The Morgan fingerprint density at radius 1 is 1.42 bits per heavy atom. The number of hydrogen-bond acceptors (Lipinski definition) is 3. The van der Waals surface area contributed by atoms with E-state index in [0.29, 0.717) is 5.82 Å². The Balaban J connectivity index is 2.93. The lowest BCUT2D eigenvalue weighted by Gasteiger charge is -1.99. The van der Waals surface area contributed by atoms with Crippen LogP contribution in [-0.2, 0) is 16.8 Å². The first kappa shape index (κ1) is 9.28. The van der Waals surface area contributed by atoms with Crippen LogP contribution in [0.3, 0.4) is 0 Å². The summed E-state index contributed by atoms with van der Waals surface area (Å²) in [6.07, 6.45) is 0. The van der Waals surface area contributed by atoms with Crippen LogP contribution in [0.4, 0.5) is 0 Å². The van der Waals surface area contributed by atoms with Crippen LogP contribution in [0.5, 0.6) is 0 Å². The molecule has 0 aliphatic carbocycles. The van der Waals surface area contributed by atoms with Crippen LogP contribution in [0.15, 0.2) is 6.07 Å². The lowest BCUT2D eigenvalue weighted by molar-refractivity contribution is 0.562. The highest BCUT2D eigenvalue weighted by atomic mass is 32.2. The molecule has 0 aromatic carbocycles. The van der Waals surface area contributed by atoms with E-state index in [-0.39, 0.29) is 5.75 Å². The molecule has 0 aliphatic heterocycles. The Bertz CT molecular complexity index is 294. The van der Waals surface area contributed by atoms with Crippen LogP contribution in [0.1, 0.15) is 17.2 Å². The summed E-state index contributed by atoms with van der Waals surface area (Å²) >= 11 is -1.86. The van der Waals surface area contributed by atoms with Crippen molar-refractivity contribution < 1.29 is 8.76 Å². The fraction of sp³-hybridized carbons (Fsp3) is 0.429. The second-order valence-electron chi connectivity index (χ2n) is 2.53. The zero-order valence-electron chi connectivity index (χ0n) is 6.94. The lowest BCUT2D eigenvalue weighted by Crippen LogP contribution is -2.02. The van der Waals surface area contributed by atoms with E-state index < -0.39 is 11.1 Å². The summed E-state index contributed by atoms with van der Waals surface area (Å²) in [7, 11) is 0. The van der Waals surface area contributed by atoms with Crippen LogP contribution in [-0.4, -0.2) is 18.7 Å². The molecule has 1 N–H and O–H groups in total. The molecule has 0 bridgehead atoms. The third kappa shape index (κ3) is 2.67. The zero-order chi connectivity index (χ0) is 9.14. The molecule has 66 valence electrons. The van der Waals surface area contributed by atoms with E-state index in [4.69, 9.17) is 4.55 Å². The highest BCUT2D eigenvalue weighted by molar-refractivity contribution is 7.78. The van der Waals surface area contributed by atoms with Crippen molar-refractivity contribution in [1.29, 1.82) is 0 Å². The van der Waals surface area contributed by atoms with Crippen molar-refractivity contribution in [2.45, 2.75) is 19.6 Å². The van der Waals surface area contributed by atoms with Crippen molar-refractivity contribution in [2.75, 3.05) is 0 Å². The van der Waals surface area contributed by atoms with E-state index in [1.807, 2.05) is 19.9 Å². The summed E-state index contributed by atoms with van der Waals surface area (Å²) in [6, 6.07) is 1.82. The van der Waals surface area contributed by atoms with Crippen LogP contribution < -0.4 is 0 Å². The van der Waals surface area contributed by atoms with Gasteiger partial charge in [-0.05, 0) is 19.9 Å². The molecule has 0 radical (unpaired) electrons. The molecule has 0 fully saturated rings. The molecule has 0 spiro atoms. The molecule has 4 nitrogen and oxygen atoms in total. The molecular weight excluding hydrogens is 176 g/mol. The summed E-state index contributed by atoms with van der Waals surface area (Å²) in [5, 5.41) is 0. The predicted molar refractivity (Wildman–Crippen MR) is 46.0 cm³/mol. The minimum Gasteiger partial charge on any atom is -0.306 e. The van der Waals surface area contributed by atoms with Crippen molar-refractivity contribution in [3.8, 4) is 0 Å². The molecule has 0 amide bonds. The molecule has 1 heterocycles. The van der Waals surface area contributed by atoms with Gasteiger partial charge in [0, 0.05) is 11.4 Å². The highest BCUT2D eigenvalue weighted by Crippen LogP contribution is 2.00. The van der Waals surface area contributed by atoms with Crippen LogP contribution in [0, 0.1) is 13.8 Å². The molecule has 1 atom stereocenters. The SMILES string of the molecule is Cc1cc(C)nc(CS(=O)O)n1. The molecule has 0 aliphatic rings. The van der Waals surface area contributed by atoms with Crippen LogP contribution >= 0.6 is 0 Å². The first-order chi connectivity index (χ1) is 5.58. The van der Waals surface area contributed by atoms with Gasteiger partial charge in [0.05, 0.1) is 0 Å². The second-order valence-corrected chi connectivity index (χ2v) is 3.46. The van der Waals surface area contributed by atoms with E-state index in [1.54, 1.807) is 0 Å². The van der Waals surface area contributed by atoms with E-state index in [9.17, 15) is 4.21 Å². The van der Waals surface area contributed by atoms with Gasteiger partial charge in [-0.2, -0.15) is 0 Å². The van der Waals surface area contributed by atoms with Gasteiger partial charge in [-0.25, -0.2) is 14.2 Å². The van der Waals surface area contributed by atoms with E-state index >= 15 is 0 Å². The van der Waals surface area contributed by atoms with Gasteiger partial charge in [-0.15, -0.1) is 0 Å². The highest BCUT2D eigenvalue weighted by Gasteiger charge is 2.02. The quantitative estimate of drug-likeness (QED) is 0.694. The van der Waals surface area contributed by atoms with Gasteiger partial charge in [0.25, 0.3) is 0 Å². The minimum absolute atomic E-state index is 0.00250. The molecule has 0 saturated heterocycles. The van der Waals surface area contributed by atoms with Gasteiger partial charge >= 0.3 is 0 Å². The Morgan fingerprint density at radius 3 is 2.33 bits per heavy atom. The predicted octanol–water partition coefficient (Wildman–Crippen LogP) is 0.815. The van der Waals surface area contributed by atoms with Gasteiger partial charge in [0.2, 0.25) is 0 Å². The van der Waals surface area contributed by atoms with Gasteiger partial charge < -0.3 is 4.55 Å². The van der Waals surface area contributed by atoms with Gasteiger partial charge in [0.15, 0.2) is 11.1 Å². The fourth-order valence-electron chi connectivity index (χ4n) is 0.974. The normalized spacial score (nSPS) is 12.9. The number of hydrogen-bond donors (Lipinski definition) is 1. The molecule has 5 heteroatoms. The third-order valence-corrected chi connectivity index (χ3v) is 1.79. The maximum atomic E-state index is 10.4. The van der Waals surface area contributed by atoms with Crippen LogP contribution in [0.2, 0.25) is 0 Å². The summed E-state index contributed by atoms with van der Waals surface area (Å²) in [4.78, 5) is 8.02. The summed E-state index contributed by atoms with van der Waals surface area (Å²) in [6.45, 7) is 3.66. The lowest BCUT2D eigenvalue weighted by atomic mass is 10.3. The average molecular weight is 186 g/mol. The molecule has 12 heavy (non-hydrogen) atoms. The van der Waals surface area contributed by atoms with Crippen molar-refractivity contribution in [1.82, 2.24) is 9.97 Å². The Morgan fingerprint density at radius 2 is 1.92 bits per heavy atom. The average Bonchev–Trinajstić information content (AvgIpc) is 1.81. The second kappa shape index (κ2) is 3.73. The Labute approximate surface area is 73.3 Å². The van der Waals surface area contributed by atoms with Gasteiger partial charge in [-0.3, -0.25) is 0 Å². The van der Waals surface area contributed by atoms with E-state index in [2.05, 4.69) is 9.97 Å². The van der Waals surface area contributed by atoms with Crippen molar-refractivity contribution >= 4 is 11.1 Å². The molecule has 0 saturated carbocycles. The molecule has 1 aromatic rings. The van der Waals surface area contributed by atoms with Gasteiger partial charge in [-0.1, -0.05) is 0 Å². The molecular formula is C7H10N2O2S. The standard InChI is InChI=1S/C7H10N2O2S/c1-5-3-6(2)9-7(8-5)4-12(10)11/h3H,4H2,1-2H3,(H,10,11). The summed E-state index contributed by atoms with van der Waals surface area (Å²) in [5.74, 6) is 0.427. The van der Waals surface area contributed by atoms with Crippen molar-refractivity contribution in [3.63, 3.8) is 0 Å². The number of aromatic nitrogens is 2. The number of aryl methyl sites for hydroxylation is 2. The van der Waals surface area contributed by atoms with E-state index in [1.165, 1.54) is 0 Å². The van der Waals surface area contributed by atoms with Crippen molar-refractivity contribution in [3.05, 3.63) is 23.3 Å². The Kier molecular flexibility index (Phi) is 2.88. The summed E-state index contributed by atoms with van der Waals surface area (Å²) < 4.78 is 19.0. The topological polar surface area (TPSA) is 63.1 Å². The number of rotatable bonds is 2. The maximum absolute atomic E-state index is 10.4. The van der Waals surface area contributed by atoms with Gasteiger partial charge in [0.1, 0.15) is 11.6 Å². The first-order valence-corrected chi connectivity index (χ1v) is 4.74. The molecule has 1 aromatic heterocycles. The van der Waals surface area contributed by atoms with Crippen LogP contribution in [0.25, 0.3) is 0 Å². The molecule has 1 rings (SSSR count). The summed E-state index contributed by atoms with van der Waals surface area (Å²) in [5.41, 5.74) is 1.64. The fourth-order valence-corrected chi connectivity index (χ4v) is 1.32. The third-order valence-electron chi connectivity index (χ3n) is 1.28. The van der Waals surface area contributed by atoms with Crippen molar-refractivity contribution in [2.24, 2.45) is 0 Å². The smallest absolute Gasteiger partial charge is 0.160 e. The first-order valence-electron chi connectivity index (χ1n) is 3.46. The van der Waals surface area contributed by atoms with E-state index in [0.717, 1.165) is 11.4 Å². The zero-order valence-corrected chi connectivity index (χ0v) is 7.76. The number of nitrogens with zero attached hydrogens (tertiary/aromatic N) is 2.